The lowest BCUT2D eigenvalue weighted by Crippen LogP contribution is -2.63. The summed E-state index contributed by atoms with van der Waals surface area (Å²) in [6, 6.07) is 11.8. The van der Waals surface area contributed by atoms with Crippen LogP contribution in [0.25, 0.3) is 0 Å². The number of benzene rings is 1. The lowest BCUT2D eigenvalue weighted by Gasteiger charge is -2.46. The molecular formula is C23H33N5O3. The molecule has 0 spiro atoms. The van der Waals surface area contributed by atoms with Crippen LogP contribution in [0.2, 0.25) is 0 Å². The van der Waals surface area contributed by atoms with Gasteiger partial charge in [-0.3, -0.25) is 14.4 Å². The predicted molar refractivity (Wildman–Crippen MR) is 117 cm³/mol. The average Bonchev–Trinajstić information content (AvgIpc) is 3.30. The van der Waals surface area contributed by atoms with Crippen molar-refractivity contribution in [3.63, 3.8) is 0 Å². The molecule has 31 heavy (non-hydrogen) atoms. The molecular weight excluding hydrogens is 394 g/mol. The van der Waals surface area contributed by atoms with Crippen molar-refractivity contribution in [3.8, 4) is 0 Å². The maximum absolute atomic E-state index is 13.0. The third-order valence-corrected chi connectivity index (χ3v) is 6.37. The van der Waals surface area contributed by atoms with Crippen LogP contribution in [0.5, 0.6) is 0 Å². The zero-order chi connectivity index (χ0) is 21.5. The number of ether oxygens (including phenoxy) is 1. The standard InChI is InChI=1S/C23H33N5O3/c29-21-18-26(10-5-12-28-11-4-9-24-28)13-8-23(21,20-6-2-1-3-7-20)25-22(30)19-27-14-16-31-17-15-27/h1-4,6-7,9,11,21,29H,5,8,10,12-19H2,(H,25,30)/t21-,23-/m1/s1. The number of aliphatic hydroxyl groups excluding tert-OH is 1. The van der Waals surface area contributed by atoms with Crippen LogP contribution < -0.4 is 5.32 Å². The van der Waals surface area contributed by atoms with E-state index in [0.717, 1.165) is 44.7 Å². The summed E-state index contributed by atoms with van der Waals surface area (Å²) in [4.78, 5) is 17.3. The number of piperidine rings is 1. The predicted octanol–water partition coefficient (Wildman–Crippen LogP) is 0.684. The smallest absolute Gasteiger partial charge is 0.234 e. The summed E-state index contributed by atoms with van der Waals surface area (Å²) in [6.07, 6.45) is 4.72. The van der Waals surface area contributed by atoms with E-state index in [4.69, 9.17) is 4.74 Å². The Bertz CT molecular complexity index is 810. The second kappa shape index (κ2) is 10.4. The monoisotopic (exact) mass is 427 g/mol. The minimum absolute atomic E-state index is 0.0445. The van der Waals surface area contributed by atoms with Crippen molar-refractivity contribution < 1.29 is 14.6 Å². The molecule has 3 heterocycles. The highest BCUT2D eigenvalue weighted by atomic mass is 16.5. The summed E-state index contributed by atoms with van der Waals surface area (Å²) in [5, 5.41) is 18.8. The van der Waals surface area contributed by atoms with Gasteiger partial charge in [0, 0.05) is 51.7 Å². The first kappa shape index (κ1) is 22.0. The quantitative estimate of drug-likeness (QED) is 0.645. The van der Waals surface area contributed by atoms with Gasteiger partial charge in [0.05, 0.1) is 31.4 Å². The van der Waals surface area contributed by atoms with E-state index in [2.05, 4.69) is 20.2 Å². The van der Waals surface area contributed by atoms with Crippen molar-refractivity contribution in [2.75, 3.05) is 52.5 Å². The fourth-order valence-corrected chi connectivity index (χ4v) is 4.63. The SMILES string of the molecule is O=C(CN1CCOCC1)N[C@@]1(c2ccccc2)CCN(CCCn2cccn2)C[C@H]1O. The highest BCUT2D eigenvalue weighted by Crippen LogP contribution is 2.33. The van der Waals surface area contributed by atoms with Crippen molar-refractivity contribution in [1.29, 1.82) is 0 Å². The molecule has 4 rings (SSSR count). The van der Waals surface area contributed by atoms with Crippen molar-refractivity contribution in [3.05, 3.63) is 54.4 Å². The number of likely N-dealkylation sites (tertiary alicyclic amines) is 1. The number of rotatable bonds is 8. The van der Waals surface area contributed by atoms with E-state index in [1.807, 2.05) is 47.3 Å². The van der Waals surface area contributed by atoms with Crippen LogP contribution in [-0.4, -0.2) is 89.2 Å². The van der Waals surface area contributed by atoms with E-state index >= 15 is 0 Å². The molecule has 1 amide bonds. The Morgan fingerprint density at radius 1 is 1.13 bits per heavy atom. The van der Waals surface area contributed by atoms with Crippen LogP contribution in [0.4, 0.5) is 0 Å². The number of hydrogen-bond acceptors (Lipinski definition) is 6. The van der Waals surface area contributed by atoms with E-state index in [-0.39, 0.29) is 5.91 Å². The third kappa shape index (κ3) is 5.51. The molecule has 2 aliphatic rings. The van der Waals surface area contributed by atoms with Crippen LogP contribution in [0.15, 0.2) is 48.8 Å². The number of aliphatic hydroxyl groups is 1. The summed E-state index contributed by atoms with van der Waals surface area (Å²) >= 11 is 0. The molecule has 1 aromatic heterocycles. The maximum Gasteiger partial charge on any atom is 0.234 e. The molecule has 2 fully saturated rings. The molecule has 1 aromatic carbocycles. The van der Waals surface area contributed by atoms with Crippen molar-refractivity contribution >= 4 is 5.91 Å². The zero-order valence-electron chi connectivity index (χ0n) is 18.0. The van der Waals surface area contributed by atoms with Gasteiger partial charge in [-0.25, -0.2) is 0 Å². The van der Waals surface area contributed by atoms with E-state index in [0.29, 0.717) is 32.7 Å². The van der Waals surface area contributed by atoms with Crippen LogP contribution in [0.3, 0.4) is 0 Å². The first-order valence-corrected chi connectivity index (χ1v) is 11.2. The van der Waals surface area contributed by atoms with Gasteiger partial charge in [-0.1, -0.05) is 30.3 Å². The average molecular weight is 428 g/mol. The van der Waals surface area contributed by atoms with Gasteiger partial charge in [0.15, 0.2) is 0 Å². The number of β-amino-alcohol motifs (C(OH)–C–C–N with tert-alkyl or cyclic N) is 1. The lowest BCUT2D eigenvalue weighted by molar-refractivity contribution is -0.129. The van der Waals surface area contributed by atoms with Gasteiger partial charge < -0.3 is 20.1 Å². The number of hydrogen-bond donors (Lipinski definition) is 2. The number of aryl methyl sites for hydroxylation is 1. The summed E-state index contributed by atoms with van der Waals surface area (Å²) in [5.41, 5.74) is 0.206. The zero-order valence-corrected chi connectivity index (χ0v) is 18.0. The highest BCUT2D eigenvalue weighted by molar-refractivity contribution is 5.79. The number of nitrogens with one attached hydrogen (secondary N) is 1. The van der Waals surface area contributed by atoms with Gasteiger partial charge in [-0.05, 0) is 24.5 Å². The molecule has 2 saturated heterocycles. The molecule has 2 aliphatic heterocycles. The normalized spacial score (nSPS) is 25.4. The molecule has 8 nitrogen and oxygen atoms in total. The summed E-state index contributed by atoms with van der Waals surface area (Å²) in [6.45, 7) is 6.29. The second-order valence-electron chi connectivity index (χ2n) is 8.46. The minimum Gasteiger partial charge on any atom is -0.389 e. The lowest BCUT2D eigenvalue weighted by atomic mass is 9.78. The Hall–Kier alpha value is -2.26. The van der Waals surface area contributed by atoms with Crippen LogP contribution in [0, 0.1) is 0 Å². The van der Waals surface area contributed by atoms with Gasteiger partial charge in [0.2, 0.25) is 5.91 Å². The third-order valence-electron chi connectivity index (χ3n) is 6.37. The van der Waals surface area contributed by atoms with E-state index < -0.39 is 11.6 Å². The number of aromatic nitrogens is 2. The number of amides is 1. The maximum atomic E-state index is 13.0. The molecule has 0 unspecified atom stereocenters. The van der Waals surface area contributed by atoms with E-state index in [1.54, 1.807) is 6.20 Å². The first-order valence-electron chi connectivity index (χ1n) is 11.2. The summed E-state index contributed by atoms with van der Waals surface area (Å²) in [7, 11) is 0. The summed E-state index contributed by atoms with van der Waals surface area (Å²) in [5.74, 6) is -0.0445. The highest BCUT2D eigenvalue weighted by Gasteiger charge is 2.44. The Kier molecular flexibility index (Phi) is 7.34. The van der Waals surface area contributed by atoms with E-state index in [1.165, 1.54) is 0 Å². The molecule has 0 radical (unpaired) electrons. The van der Waals surface area contributed by atoms with Gasteiger partial charge in [-0.15, -0.1) is 0 Å². The molecule has 168 valence electrons. The van der Waals surface area contributed by atoms with Gasteiger partial charge in [-0.2, -0.15) is 5.10 Å². The number of carbonyl (C=O) groups is 1. The first-order chi connectivity index (χ1) is 15.2. The molecule has 8 heteroatoms. The molecule has 0 saturated carbocycles. The van der Waals surface area contributed by atoms with Crippen LogP contribution >= 0.6 is 0 Å². The van der Waals surface area contributed by atoms with E-state index in [9.17, 15) is 9.90 Å². The Morgan fingerprint density at radius 3 is 2.65 bits per heavy atom. The van der Waals surface area contributed by atoms with Gasteiger partial charge in [0.25, 0.3) is 0 Å². The molecule has 2 atom stereocenters. The Labute approximate surface area is 183 Å². The largest absolute Gasteiger partial charge is 0.389 e. The van der Waals surface area contributed by atoms with Crippen molar-refractivity contribution in [2.24, 2.45) is 0 Å². The number of morpholine rings is 1. The fraction of sp³-hybridized carbons (Fsp3) is 0.565. The molecule has 0 bridgehead atoms. The topological polar surface area (TPSA) is 82.9 Å². The molecule has 0 aliphatic carbocycles. The fourth-order valence-electron chi connectivity index (χ4n) is 4.63. The Balaban J connectivity index is 1.39. The van der Waals surface area contributed by atoms with Gasteiger partial charge in [0.1, 0.15) is 0 Å². The second-order valence-corrected chi connectivity index (χ2v) is 8.46. The molecule has 2 N–H and O–H groups in total. The van der Waals surface area contributed by atoms with Gasteiger partial charge >= 0.3 is 0 Å². The van der Waals surface area contributed by atoms with Crippen LogP contribution in [0.1, 0.15) is 18.4 Å². The minimum atomic E-state index is -0.761. The Morgan fingerprint density at radius 2 is 1.94 bits per heavy atom. The number of carbonyl (C=O) groups excluding carboxylic acids is 1. The van der Waals surface area contributed by atoms with Crippen LogP contribution in [-0.2, 0) is 21.6 Å². The number of nitrogens with zero attached hydrogens (tertiary/aromatic N) is 4. The molecule has 2 aromatic rings. The van der Waals surface area contributed by atoms with Crippen molar-refractivity contribution in [1.82, 2.24) is 24.9 Å². The summed E-state index contributed by atoms with van der Waals surface area (Å²) < 4.78 is 7.31. The van der Waals surface area contributed by atoms with Crippen molar-refractivity contribution in [2.45, 2.75) is 31.0 Å².